The van der Waals surface area contributed by atoms with E-state index in [9.17, 15) is 14.7 Å². The Hall–Kier alpha value is -2.88. The van der Waals surface area contributed by atoms with Gasteiger partial charge in [-0.05, 0) is 5.56 Å². The molecule has 9 nitrogen and oxygen atoms in total. The van der Waals surface area contributed by atoms with Crippen LogP contribution in [-0.4, -0.2) is 69.3 Å². The van der Waals surface area contributed by atoms with Crippen LogP contribution < -0.4 is 0 Å². The second-order valence-corrected chi connectivity index (χ2v) is 6.01. The van der Waals surface area contributed by atoms with E-state index in [4.69, 9.17) is 23.7 Å². The molecule has 1 aromatic rings. The molecule has 1 aliphatic heterocycles. The molecular formula is C20H25NO8. The highest BCUT2D eigenvalue weighted by atomic mass is 16.7. The van der Waals surface area contributed by atoms with Crippen LogP contribution in [0.15, 0.2) is 53.6 Å². The van der Waals surface area contributed by atoms with Crippen molar-refractivity contribution in [3.8, 4) is 0 Å². The molecule has 0 saturated carbocycles. The third kappa shape index (κ3) is 5.35. The molecule has 2 rings (SSSR count). The fourth-order valence-electron chi connectivity index (χ4n) is 2.74. The van der Waals surface area contributed by atoms with Gasteiger partial charge < -0.3 is 33.7 Å². The van der Waals surface area contributed by atoms with Gasteiger partial charge in [-0.2, -0.15) is 0 Å². The van der Waals surface area contributed by atoms with Crippen LogP contribution in [0.3, 0.4) is 0 Å². The molecule has 0 spiro atoms. The summed E-state index contributed by atoms with van der Waals surface area (Å²) in [5.74, 6) is -1.65. The minimum Gasteiger partial charge on any atom is -0.488 e. The number of aliphatic hydroxyl groups excluding tert-OH is 1. The quantitative estimate of drug-likeness (QED) is 0.473. The standard InChI is InChI=1S/C20H25NO8/c1-25-15(26-2)11-21-10-14(19(23)27-3)17(22)18(16(21)20(24)28-4)29-12-13-8-6-5-7-9-13/h5-10,15,17,22H,11-12H2,1-4H3. The summed E-state index contributed by atoms with van der Waals surface area (Å²) >= 11 is 0. The van der Waals surface area contributed by atoms with Gasteiger partial charge in [0.1, 0.15) is 12.7 Å². The Labute approximate surface area is 169 Å². The smallest absolute Gasteiger partial charge is 0.358 e. The number of esters is 2. The molecule has 29 heavy (non-hydrogen) atoms. The van der Waals surface area contributed by atoms with Gasteiger partial charge in [0.15, 0.2) is 17.7 Å². The van der Waals surface area contributed by atoms with Gasteiger partial charge in [0.2, 0.25) is 0 Å². The van der Waals surface area contributed by atoms with E-state index >= 15 is 0 Å². The lowest BCUT2D eigenvalue weighted by atomic mass is 10.0. The summed E-state index contributed by atoms with van der Waals surface area (Å²) in [6.45, 7) is 0.0941. The van der Waals surface area contributed by atoms with Crippen molar-refractivity contribution in [2.24, 2.45) is 0 Å². The van der Waals surface area contributed by atoms with Crippen molar-refractivity contribution in [2.75, 3.05) is 35.0 Å². The van der Waals surface area contributed by atoms with Crippen molar-refractivity contribution in [1.82, 2.24) is 4.90 Å². The van der Waals surface area contributed by atoms with Gasteiger partial charge in [-0.1, -0.05) is 30.3 Å². The minimum absolute atomic E-state index is 0.0306. The zero-order valence-corrected chi connectivity index (χ0v) is 16.8. The van der Waals surface area contributed by atoms with Crippen LogP contribution >= 0.6 is 0 Å². The Balaban J connectivity index is 2.47. The fraction of sp³-hybridized carbons (Fsp3) is 0.400. The Kier molecular flexibility index (Phi) is 8.20. The molecule has 0 saturated heterocycles. The number of ether oxygens (including phenoxy) is 5. The van der Waals surface area contributed by atoms with Gasteiger partial charge in [0.25, 0.3) is 0 Å². The van der Waals surface area contributed by atoms with Crippen LogP contribution in [0, 0.1) is 0 Å². The molecule has 1 atom stereocenters. The molecule has 0 fully saturated rings. The number of nitrogens with zero attached hydrogens (tertiary/aromatic N) is 1. The number of rotatable bonds is 9. The summed E-state index contributed by atoms with van der Waals surface area (Å²) < 4.78 is 25.8. The molecule has 1 N–H and O–H groups in total. The predicted molar refractivity (Wildman–Crippen MR) is 101 cm³/mol. The second-order valence-electron chi connectivity index (χ2n) is 6.01. The fourth-order valence-corrected chi connectivity index (χ4v) is 2.74. The Morgan fingerprint density at radius 3 is 2.21 bits per heavy atom. The summed E-state index contributed by atoms with van der Waals surface area (Å²) in [6, 6.07) is 9.18. The maximum Gasteiger partial charge on any atom is 0.358 e. The van der Waals surface area contributed by atoms with E-state index in [0.29, 0.717) is 0 Å². The lowest BCUT2D eigenvalue weighted by Gasteiger charge is -2.33. The largest absolute Gasteiger partial charge is 0.488 e. The molecule has 0 radical (unpaired) electrons. The molecule has 0 amide bonds. The van der Waals surface area contributed by atoms with E-state index in [1.807, 2.05) is 30.3 Å². The van der Waals surface area contributed by atoms with E-state index in [1.54, 1.807) is 0 Å². The normalized spacial score (nSPS) is 16.6. The monoisotopic (exact) mass is 407 g/mol. The van der Waals surface area contributed by atoms with Gasteiger partial charge in [-0.15, -0.1) is 0 Å². The average Bonchev–Trinajstić information content (AvgIpc) is 2.76. The van der Waals surface area contributed by atoms with Crippen LogP contribution in [0.1, 0.15) is 5.56 Å². The topological polar surface area (TPSA) is 104 Å². The van der Waals surface area contributed by atoms with Crippen molar-refractivity contribution >= 4 is 11.9 Å². The summed E-state index contributed by atoms with van der Waals surface area (Å²) in [7, 11) is 5.27. The molecule has 1 unspecified atom stereocenters. The van der Waals surface area contributed by atoms with Crippen molar-refractivity contribution in [1.29, 1.82) is 0 Å². The number of benzene rings is 1. The first-order chi connectivity index (χ1) is 14.0. The van der Waals surface area contributed by atoms with Crippen LogP contribution in [-0.2, 0) is 39.9 Å². The van der Waals surface area contributed by atoms with E-state index < -0.39 is 24.3 Å². The molecular weight excluding hydrogens is 382 g/mol. The zero-order valence-electron chi connectivity index (χ0n) is 16.8. The van der Waals surface area contributed by atoms with Gasteiger partial charge >= 0.3 is 11.9 Å². The summed E-state index contributed by atoms with van der Waals surface area (Å²) in [6.07, 6.45) is -0.945. The number of carbonyl (C=O) groups excluding carboxylic acids is 2. The van der Waals surface area contributed by atoms with Crippen LogP contribution in [0.25, 0.3) is 0 Å². The van der Waals surface area contributed by atoms with Crippen molar-refractivity contribution in [2.45, 2.75) is 19.0 Å². The summed E-state index contributed by atoms with van der Waals surface area (Å²) in [5.41, 5.74) is 0.639. The maximum atomic E-state index is 12.5. The number of hydrogen-bond donors (Lipinski definition) is 1. The highest BCUT2D eigenvalue weighted by molar-refractivity contribution is 5.94. The van der Waals surface area contributed by atoms with Crippen molar-refractivity contribution < 1.29 is 38.4 Å². The number of hydrogen-bond acceptors (Lipinski definition) is 9. The highest BCUT2D eigenvalue weighted by Crippen LogP contribution is 2.29. The minimum atomic E-state index is -1.51. The first kappa shape index (κ1) is 22.4. The van der Waals surface area contributed by atoms with E-state index in [2.05, 4.69) is 0 Å². The van der Waals surface area contributed by atoms with E-state index in [0.717, 1.165) is 5.56 Å². The molecule has 9 heteroatoms. The van der Waals surface area contributed by atoms with Gasteiger partial charge in [0, 0.05) is 20.4 Å². The lowest BCUT2D eigenvalue weighted by molar-refractivity contribution is -0.142. The highest BCUT2D eigenvalue weighted by Gasteiger charge is 2.38. The van der Waals surface area contributed by atoms with Crippen molar-refractivity contribution in [3.63, 3.8) is 0 Å². The molecule has 0 bridgehead atoms. The van der Waals surface area contributed by atoms with Gasteiger partial charge in [0.05, 0.1) is 26.3 Å². The first-order valence-electron chi connectivity index (χ1n) is 8.76. The number of aliphatic hydroxyl groups is 1. The maximum absolute atomic E-state index is 12.5. The Morgan fingerprint density at radius 1 is 1.03 bits per heavy atom. The molecule has 1 aliphatic rings. The molecule has 158 valence electrons. The summed E-state index contributed by atoms with van der Waals surface area (Å²) in [5, 5.41) is 10.7. The average molecular weight is 407 g/mol. The van der Waals surface area contributed by atoms with Crippen LogP contribution in [0.4, 0.5) is 0 Å². The van der Waals surface area contributed by atoms with E-state index in [-0.39, 0.29) is 30.2 Å². The van der Waals surface area contributed by atoms with Crippen molar-refractivity contribution in [3.05, 3.63) is 59.1 Å². The molecule has 0 aromatic heterocycles. The van der Waals surface area contributed by atoms with E-state index in [1.165, 1.54) is 39.5 Å². The van der Waals surface area contributed by atoms with Gasteiger partial charge in [-0.25, -0.2) is 9.59 Å². The lowest BCUT2D eigenvalue weighted by Crippen LogP contribution is -2.41. The zero-order chi connectivity index (χ0) is 21.4. The third-order valence-electron chi connectivity index (χ3n) is 4.27. The SMILES string of the molecule is COC(=O)C1=CN(CC(OC)OC)C(C(=O)OC)=C(OCc2ccccc2)C1O. The number of methoxy groups -OCH3 is 4. The predicted octanol–water partition coefficient (Wildman–Crippen LogP) is 0.940. The van der Waals surface area contributed by atoms with Crippen LogP contribution in [0.2, 0.25) is 0 Å². The third-order valence-corrected chi connectivity index (χ3v) is 4.27. The molecule has 1 aromatic carbocycles. The molecule has 1 heterocycles. The Morgan fingerprint density at radius 2 is 1.66 bits per heavy atom. The number of carbonyl (C=O) groups is 2. The summed E-state index contributed by atoms with van der Waals surface area (Å²) in [4.78, 5) is 26.1. The van der Waals surface area contributed by atoms with Gasteiger partial charge in [-0.3, -0.25) is 0 Å². The Bertz CT molecular complexity index is 770. The molecule has 0 aliphatic carbocycles. The second kappa shape index (κ2) is 10.6. The van der Waals surface area contributed by atoms with Crippen LogP contribution in [0.5, 0.6) is 0 Å². The first-order valence-corrected chi connectivity index (χ1v) is 8.76.